The molecule has 4 rings (SSSR count). The first-order valence-electron chi connectivity index (χ1n) is 10.2. The Morgan fingerprint density at radius 1 is 1.36 bits per heavy atom. The number of rotatable bonds is 2. The van der Waals surface area contributed by atoms with Gasteiger partial charge in [-0.1, -0.05) is 20.8 Å². The molecule has 0 bridgehead atoms. The summed E-state index contributed by atoms with van der Waals surface area (Å²) in [5.74, 6) is -0.746. The number of hydrogen-bond acceptors (Lipinski definition) is 6. The largest absolute Gasteiger partial charge is 0.469 e. The molecule has 0 spiro atoms. The number of carbonyl (C=O) groups excluding carboxylic acids is 2. The average molecular weight is 390 g/mol. The van der Waals surface area contributed by atoms with Crippen LogP contribution in [0, 0.1) is 22.7 Å². The van der Waals surface area contributed by atoms with Crippen molar-refractivity contribution in [2.24, 2.45) is 22.7 Å². The van der Waals surface area contributed by atoms with Crippen molar-refractivity contribution < 1.29 is 29.0 Å². The summed E-state index contributed by atoms with van der Waals surface area (Å²) < 4.78 is 11.4. The van der Waals surface area contributed by atoms with Crippen LogP contribution in [0.2, 0.25) is 0 Å². The molecular weight excluding hydrogens is 360 g/mol. The highest BCUT2D eigenvalue weighted by molar-refractivity contribution is 5.66. The molecule has 2 saturated carbocycles. The van der Waals surface area contributed by atoms with Crippen LogP contribution in [-0.2, 0) is 20.7 Å². The van der Waals surface area contributed by atoms with E-state index in [1.54, 1.807) is 12.3 Å². The second-order valence-corrected chi connectivity index (χ2v) is 9.78. The lowest BCUT2D eigenvalue weighted by atomic mass is 9.40. The Kier molecular flexibility index (Phi) is 4.33. The van der Waals surface area contributed by atoms with E-state index in [1.807, 2.05) is 20.8 Å². The minimum Gasteiger partial charge on any atom is -0.469 e. The summed E-state index contributed by atoms with van der Waals surface area (Å²) in [7, 11) is 0. The number of esters is 1. The van der Waals surface area contributed by atoms with Crippen LogP contribution in [0.25, 0.3) is 0 Å². The van der Waals surface area contributed by atoms with E-state index in [4.69, 9.17) is 9.15 Å². The van der Waals surface area contributed by atoms with Crippen LogP contribution < -0.4 is 0 Å². The van der Waals surface area contributed by atoms with E-state index < -0.39 is 34.6 Å². The van der Waals surface area contributed by atoms with Crippen LogP contribution in [0.4, 0.5) is 0 Å². The summed E-state index contributed by atoms with van der Waals surface area (Å²) in [6.45, 7) is 7.39. The van der Waals surface area contributed by atoms with Crippen molar-refractivity contribution in [3.05, 3.63) is 23.7 Å². The summed E-state index contributed by atoms with van der Waals surface area (Å²) in [5, 5.41) is 23.2. The molecule has 6 nitrogen and oxygen atoms in total. The van der Waals surface area contributed by atoms with Gasteiger partial charge in [0.25, 0.3) is 0 Å². The Morgan fingerprint density at radius 3 is 2.71 bits per heavy atom. The Balaban J connectivity index is 1.90. The van der Waals surface area contributed by atoms with Crippen molar-refractivity contribution in [2.75, 3.05) is 0 Å². The van der Waals surface area contributed by atoms with Crippen molar-refractivity contribution in [1.29, 1.82) is 0 Å². The van der Waals surface area contributed by atoms with Gasteiger partial charge in [0.15, 0.2) is 0 Å². The van der Waals surface area contributed by atoms with Crippen molar-refractivity contribution in [1.82, 2.24) is 0 Å². The third-order valence-corrected chi connectivity index (χ3v) is 8.31. The molecule has 3 aliphatic rings. The molecule has 3 aliphatic carbocycles. The van der Waals surface area contributed by atoms with Gasteiger partial charge in [-0.05, 0) is 30.2 Å². The number of aliphatic hydroxyl groups excluding tert-OH is 1. The highest BCUT2D eigenvalue weighted by atomic mass is 16.5. The molecular formula is C22H30O6. The summed E-state index contributed by atoms with van der Waals surface area (Å²) in [5.41, 5.74) is -1.69. The third kappa shape index (κ3) is 2.34. The van der Waals surface area contributed by atoms with E-state index in [2.05, 4.69) is 0 Å². The predicted octanol–water partition coefficient (Wildman–Crippen LogP) is 2.60. The van der Waals surface area contributed by atoms with Gasteiger partial charge in [-0.25, -0.2) is 0 Å². The van der Waals surface area contributed by atoms with Gasteiger partial charge in [0.05, 0.1) is 18.0 Å². The number of hydrogen-bond donors (Lipinski definition) is 2. The average Bonchev–Trinajstić information content (AvgIpc) is 3.08. The van der Waals surface area contributed by atoms with Gasteiger partial charge >= 0.3 is 5.97 Å². The van der Waals surface area contributed by atoms with Gasteiger partial charge < -0.3 is 24.2 Å². The number of aldehydes is 1. The number of ether oxygens (including phenoxy) is 1. The quantitative estimate of drug-likeness (QED) is 0.595. The molecule has 1 aromatic heterocycles. The molecule has 154 valence electrons. The maximum atomic E-state index is 12.1. The van der Waals surface area contributed by atoms with Crippen LogP contribution >= 0.6 is 0 Å². The van der Waals surface area contributed by atoms with Gasteiger partial charge in [0.1, 0.15) is 18.2 Å². The summed E-state index contributed by atoms with van der Waals surface area (Å²) in [4.78, 5) is 23.9. The molecule has 0 aromatic carbocycles. The molecule has 0 saturated heterocycles. The van der Waals surface area contributed by atoms with E-state index in [-0.39, 0.29) is 24.2 Å². The van der Waals surface area contributed by atoms with Gasteiger partial charge in [-0.15, -0.1) is 0 Å². The molecule has 2 fully saturated rings. The van der Waals surface area contributed by atoms with Crippen molar-refractivity contribution in [2.45, 2.75) is 77.1 Å². The minimum absolute atomic E-state index is 0.160. The molecule has 1 heterocycles. The van der Waals surface area contributed by atoms with Crippen LogP contribution in [-0.4, -0.2) is 40.3 Å². The predicted molar refractivity (Wildman–Crippen MR) is 100 cm³/mol. The zero-order valence-corrected chi connectivity index (χ0v) is 17.0. The number of carbonyl (C=O) groups is 2. The Bertz CT molecular complexity index is 797. The molecule has 0 radical (unpaired) electrons. The highest BCUT2D eigenvalue weighted by Crippen LogP contribution is 2.67. The summed E-state index contributed by atoms with van der Waals surface area (Å²) in [6.07, 6.45) is 3.15. The summed E-state index contributed by atoms with van der Waals surface area (Å²) in [6, 6.07) is 1.80. The number of aliphatic hydroxyl groups is 2. The highest BCUT2D eigenvalue weighted by Gasteiger charge is 2.71. The Hall–Kier alpha value is -1.66. The normalized spacial score (nSPS) is 44.0. The fourth-order valence-corrected chi connectivity index (χ4v) is 6.75. The monoisotopic (exact) mass is 390 g/mol. The maximum Gasteiger partial charge on any atom is 0.302 e. The zero-order chi connectivity index (χ0) is 20.5. The van der Waals surface area contributed by atoms with Gasteiger partial charge in [-0.3, -0.25) is 4.79 Å². The third-order valence-electron chi connectivity index (χ3n) is 8.31. The lowest BCUT2D eigenvalue weighted by molar-refractivity contribution is -0.296. The zero-order valence-electron chi connectivity index (χ0n) is 17.0. The maximum absolute atomic E-state index is 12.1. The molecule has 1 aromatic rings. The van der Waals surface area contributed by atoms with E-state index in [0.717, 1.165) is 17.6 Å². The SMILES string of the molecule is CC(=O)O[C@H]1CCC(C)(C)[C@]2(O)C[C@H](O)[C@@H]3[C@H](C=O)c4ccoc4C[C@@H]3[C@@]12C. The van der Waals surface area contributed by atoms with Gasteiger partial charge in [0, 0.05) is 42.6 Å². The van der Waals surface area contributed by atoms with Crippen LogP contribution in [0.1, 0.15) is 64.2 Å². The van der Waals surface area contributed by atoms with Gasteiger partial charge in [-0.2, -0.15) is 0 Å². The second kappa shape index (κ2) is 6.17. The lowest BCUT2D eigenvalue weighted by Crippen LogP contribution is -2.73. The fourth-order valence-electron chi connectivity index (χ4n) is 6.75. The number of furan rings is 1. The molecule has 6 heteroatoms. The standard InChI is InChI=1S/C22H30O6/c1-12(24)28-18-5-7-20(2,3)22(26)10-16(25)19-14(11-23)13-6-8-27-17(13)9-15(19)21(18,22)4/h6,8,11,14-16,18-19,25-26H,5,7,9-10H2,1-4H3/t14-,15+,16+,18+,19-,21+,22-/m1/s1. The van der Waals surface area contributed by atoms with Crippen LogP contribution in [0.5, 0.6) is 0 Å². The van der Waals surface area contributed by atoms with E-state index in [9.17, 15) is 19.8 Å². The van der Waals surface area contributed by atoms with E-state index in [0.29, 0.717) is 19.3 Å². The first-order chi connectivity index (χ1) is 13.1. The van der Waals surface area contributed by atoms with Crippen molar-refractivity contribution in [3.63, 3.8) is 0 Å². The van der Waals surface area contributed by atoms with Gasteiger partial charge in [0.2, 0.25) is 0 Å². The fraction of sp³-hybridized carbons (Fsp3) is 0.727. The minimum atomic E-state index is -1.24. The first kappa shape index (κ1) is 19.6. The lowest BCUT2D eigenvalue weighted by Gasteiger charge is -2.68. The molecule has 7 atom stereocenters. The molecule has 0 aliphatic heterocycles. The number of fused-ring (bicyclic) bond motifs is 4. The smallest absolute Gasteiger partial charge is 0.302 e. The molecule has 0 unspecified atom stereocenters. The van der Waals surface area contributed by atoms with E-state index in [1.165, 1.54) is 6.92 Å². The topological polar surface area (TPSA) is 97.0 Å². The van der Waals surface area contributed by atoms with Crippen LogP contribution in [0.3, 0.4) is 0 Å². The molecule has 2 N–H and O–H groups in total. The van der Waals surface area contributed by atoms with Crippen molar-refractivity contribution >= 4 is 12.3 Å². The first-order valence-corrected chi connectivity index (χ1v) is 10.2. The molecule has 28 heavy (non-hydrogen) atoms. The second-order valence-electron chi connectivity index (χ2n) is 9.78. The van der Waals surface area contributed by atoms with Crippen molar-refractivity contribution in [3.8, 4) is 0 Å². The summed E-state index contributed by atoms with van der Waals surface area (Å²) >= 11 is 0. The molecule has 0 amide bonds. The Morgan fingerprint density at radius 2 is 2.07 bits per heavy atom. The van der Waals surface area contributed by atoms with Crippen LogP contribution in [0.15, 0.2) is 16.7 Å². The Labute approximate surface area is 165 Å². The van der Waals surface area contributed by atoms with E-state index >= 15 is 0 Å².